The van der Waals surface area contributed by atoms with Gasteiger partial charge in [0.25, 0.3) is 11.5 Å². The van der Waals surface area contributed by atoms with Crippen molar-refractivity contribution in [2.75, 3.05) is 0 Å². The molecule has 20 heavy (non-hydrogen) atoms. The Balaban J connectivity index is 2.22. The number of benzene rings is 1. The van der Waals surface area contributed by atoms with Crippen LogP contribution in [0, 0.1) is 0 Å². The first kappa shape index (κ1) is 13.7. The zero-order chi connectivity index (χ0) is 14.7. The zero-order valence-electron chi connectivity index (χ0n) is 10.8. The van der Waals surface area contributed by atoms with Gasteiger partial charge >= 0.3 is 5.97 Å². The number of carbonyl (C=O) groups excluding carboxylic acids is 2. The monoisotopic (exact) mass is 275 g/mol. The number of nitrogens with zero attached hydrogens (tertiary/aromatic N) is 2. The van der Waals surface area contributed by atoms with Crippen molar-refractivity contribution >= 4 is 22.8 Å². The minimum Gasteiger partial charge on any atom is -0.451 e. The van der Waals surface area contributed by atoms with Crippen LogP contribution in [0.5, 0.6) is 0 Å². The number of amides is 1. The van der Waals surface area contributed by atoms with Crippen LogP contribution in [0.1, 0.15) is 6.92 Å². The van der Waals surface area contributed by atoms with Crippen molar-refractivity contribution in [3.8, 4) is 0 Å². The summed E-state index contributed by atoms with van der Waals surface area (Å²) in [5, 5.41) is 0.408. The molecule has 1 aromatic heterocycles. The van der Waals surface area contributed by atoms with Gasteiger partial charge in [0.05, 0.1) is 17.2 Å². The number of hydrogen-bond acceptors (Lipinski definition) is 5. The lowest BCUT2D eigenvalue weighted by Crippen LogP contribution is -2.33. The van der Waals surface area contributed by atoms with E-state index in [1.54, 1.807) is 24.3 Å². The number of rotatable bonds is 4. The number of hydrogen-bond donors (Lipinski definition) is 1. The second kappa shape index (κ2) is 5.52. The summed E-state index contributed by atoms with van der Waals surface area (Å²) in [6.45, 7) is 1.04. The fourth-order valence-corrected chi connectivity index (χ4v) is 1.65. The van der Waals surface area contributed by atoms with E-state index in [-0.39, 0.29) is 12.1 Å². The van der Waals surface area contributed by atoms with E-state index in [1.807, 2.05) is 0 Å². The molecular weight excluding hydrogens is 262 g/mol. The van der Waals surface area contributed by atoms with Gasteiger partial charge in [0.15, 0.2) is 6.10 Å². The third-order valence-corrected chi connectivity index (χ3v) is 2.74. The normalized spacial score (nSPS) is 12.1. The lowest BCUT2D eigenvalue weighted by molar-refractivity contribution is -0.154. The molecule has 0 aliphatic rings. The highest BCUT2D eigenvalue weighted by atomic mass is 16.5. The Labute approximate surface area is 114 Å². The third-order valence-electron chi connectivity index (χ3n) is 2.74. The minimum atomic E-state index is -1.04. The van der Waals surface area contributed by atoms with Crippen molar-refractivity contribution in [2.24, 2.45) is 5.73 Å². The van der Waals surface area contributed by atoms with E-state index in [4.69, 9.17) is 10.5 Å². The molecule has 0 bridgehead atoms. The molecule has 7 nitrogen and oxygen atoms in total. The van der Waals surface area contributed by atoms with Gasteiger partial charge in [-0.15, -0.1) is 0 Å². The maximum atomic E-state index is 12.1. The Morgan fingerprint density at radius 2 is 2.10 bits per heavy atom. The van der Waals surface area contributed by atoms with Gasteiger partial charge in [0, 0.05) is 0 Å². The molecule has 1 amide bonds. The summed E-state index contributed by atoms with van der Waals surface area (Å²) in [6.07, 6.45) is 0.229. The number of esters is 1. The molecule has 104 valence electrons. The number of nitrogens with two attached hydrogens (primary N) is 1. The van der Waals surface area contributed by atoms with Gasteiger partial charge in [-0.25, -0.2) is 4.98 Å². The number of aromatic nitrogens is 2. The third kappa shape index (κ3) is 2.82. The molecule has 0 spiro atoms. The number of para-hydroxylation sites is 1. The van der Waals surface area contributed by atoms with E-state index < -0.39 is 18.0 Å². The van der Waals surface area contributed by atoms with Gasteiger partial charge in [-0.2, -0.15) is 0 Å². The Morgan fingerprint density at radius 3 is 2.80 bits per heavy atom. The fraction of sp³-hybridized carbons (Fsp3) is 0.231. The maximum absolute atomic E-state index is 12.1. The quantitative estimate of drug-likeness (QED) is 0.779. The summed E-state index contributed by atoms with van der Waals surface area (Å²) in [4.78, 5) is 38.6. The fourth-order valence-electron chi connectivity index (χ4n) is 1.65. The second-order valence-electron chi connectivity index (χ2n) is 4.23. The van der Waals surface area contributed by atoms with Crippen molar-refractivity contribution in [3.63, 3.8) is 0 Å². The van der Waals surface area contributed by atoms with Crippen molar-refractivity contribution in [1.82, 2.24) is 9.55 Å². The number of fused-ring (bicyclic) bond motifs is 1. The number of carbonyl (C=O) groups is 2. The number of ether oxygens (including phenoxy) is 1. The largest absolute Gasteiger partial charge is 0.451 e. The lowest BCUT2D eigenvalue weighted by atomic mass is 10.2. The predicted molar refractivity (Wildman–Crippen MR) is 70.8 cm³/mol. The van der Waals surface area contributed by atoms with Crippen LogP contribution in [0.25, 0.3) is 10.9 Å². The summed E-state index contributed by atoms with van der Waals surface area (Å²) < 4.78 is 5.91. The van der Waals surface area contributed by atoms with E-state index >= 15 is 0 Å². The summed E-state index contributed by atoms with van der Waals surface area (Å²) in [5.41, 5.74) is 5.19. The molecule has 0 saturated heterocycles. The smallest absolute Gasteiger partial charge is 0.326 e. The molecule has 0 radical (unpaired) electrons. The van der Waals surface area contributed by atoms with E-state index in [2.05, 4.69) is 4.98 Å². The first-order valence-electron chi connectivity index (χ1n) is 5.92. The molecule has 2 rings (SSSR count). The molecule has 2 N–H and O–H groups in total. The molecule has 2 aromatic rings. The Morgan fingerprint density at radius 1 is 1.40 bits per heavy atom. The van der Waals surface area contributed by atoms with E-state index in [1.165, 1.54) is 13.3 Å². The summed E-state index contributed by atoms with van der Waals surface area (Å²) in [5.74, 6) is -1.47. The highest BCUT2D eigenvalue weighted by Crippen LogP contribution is 2.04. The topological polar surface area (TPSA) is 104 Å². The van der Waals surface area contributed by atoms with Crippen LogP contribution in [0.3, 0.4) is 0 Å². The van der Waals surface area contributed by atoms with Crippen molar-refractivity contribution < 1.29 is 14.3 Å². The molecule has 7 heteroatoms. The zero-order valence-corrected chi connectivity index (χ0v) is 10.8. The Hall–Kier alpha value is -2.70. The van der Waals surface area contributed by atoms with Gasteiger partial charge in [0.1, 0.15) is 6.54 Å². The highest BCUT2D eigenvalue weighted by molar-refractivity contribution is 5.82. The molecule has 1 heterocycles. The van der Waals surface area contributed by atoms with Crippen LogP contribution < -0.4 is 11.3 Å². The average Bonchev–Trinajstić information content (AvgIpc) is 2.42. The minimum absolute atomic E-state index is 0.325. The van der Waals surface area contributed by atoms with Gasteiger partial charge in [0.2, 0.25) is 0 Å². The Bertz CT molecular complexity index is 723. The van der Waals surface area contributed by atoms with Gasteiger partial charge in [-0.05, 0) is 19.1 Å². The van der Waals surface area contributed by atoms with E-state index in [0.29, 0.717) is 10.9 Å². The summed E-state index contributed by atoms with van der Waals surface area (Å²) in [7, 11) is 0. The summed E-state index contributed by atoms with van der Waals surface area (Å²) in [6, 6.07) is 6.80. The van der Waals surface area contributed by atoms with Gasteiger partial charge < -0.3 is 10.5 Å². The van der Waals surface area contributed by atoms with Crippen LogP contribution in [0.15, 0.2) is 35.4 Å². The second-order valence-corrected chi connectivity index (χ2v) is 4.23. The molecule has 1 aromatic carbocycles. The van der Waals surface area contributed by atoms with Crippen LogP contribution in [-0.4, -0.2) is 27.5 Å². The van der Waals surface area contributed by atoms with Crippen molar-refractivity contribution in [3.05, 3.63) is 40.9 Å². The molecule has 0 aliphatic heterocycles. The SMILES string of the molecule is C[C@@H](OC(=O)Cn1cnc2ccccc2c1=O)C(N)=O. The number of primary amides is 1. The Kier molecular flexibility index (Phi) is 3.79. The van der Waals surface area contributed by atoms with Gasteiger partial charge in [-0.3, -0.25) is 19.0 Å². The molecular formula is C13H13N3O4. The summed E-state index contributed by atoms with van der Waals surface area (Å²) >= 11 is 0. The van der Waals surface area contributed by atoms with Crippen LogP contribution in [0.4, 0.5) is 0 Å². The first-order chi connectivity index (χ1) is 9.49. The average molecular weight is 275 g/mol. The lowest BCUT2D eigenvalue weighted by Gasteiger charge is -2.10. The van der Waals surface area contributed by atoms with Crippen LogP contribution >= 0.6 is 0 Å². The standard InChI is InChI=1S/C13H13N3O4/c1-8(12(14)18)20-11(17)6-16-7-15-10-5-3-2-4-9(10)13(16)19/h2-5,7-8H,6H2,1H3,(H2,14,18)/t8-/m1/s1. The molecule has 0 fully saturated rings. The van der Waals surface area contributed by atoms with E-state index in [0.717, 1.165) is 4.57 Å². The maximum Gasteiger partial charge on any atom is 0.326 e. The first-order valence-corrected chi connectivity index (χ1v) is 5.92. The van der Waals surface area contributed by atoms with Crippen LogP contribution in [-0.2, 0) is 20.9 Å². The van der Waals surface area contributed by atoms with Crippen LogP contribution in [0.2, 0.25) is 0 Å². The highest BCUT2D eigenvalue weighted by Gasteiger charge is 2.15. The van der Waals surface area contributed by atoms with Crippen molar-refractivity contribution in [1.29, 1.82) is 0 Å². The molecule has 0 unspecified atom stereocenters. The van der Waals surface area contributed by atoms with Crippen molar-refractivity contribution in [2.45, 2.75) is 19.6 Å². The predicted octanol–water partition coefficient (Wildman–Crippen LogP) is -0.186. The van der Waals surface area contributed by atoms with E-state index in [9.17, 15) is 14.4 Å². The molecule has 0 aliphatic carbocycles. The van der Waals surface area contributed by atoms with Gasteiger partial charge in [-0.1, -0.05) is 12.1 Å². The molecule has 1 atom stereocenters. The molecule has 0 saturated carbocycles.